The summed E-state index contributed by atoms with van der Waals surface area (Å²) in [7, 11) is -5.97. The van der Waals surface area contributed by atoms with Gasteiger partial charge in [0.1, 0.15) is 5.75 Å². The van der Waals surface area contributed by atoms with Gasteiger partial charge in [-0.05, 0) is 53.9 Å². The Balaban J connectivity index is 1.59. The molecule has 4 rings (SSSR count). The number of hydrogen-bond acceptors (Lipinski definition) is 5. The van der Waals surface area contributed by atoms with Gasteiger partial charge in [0, 0.05) is 24.8 Å². The molecule has 0 saturated heterocycles. The predicted molar refractivity (Wildman–Crippen MR) is 118 cm³/mol. The second-order valence-electron chi connectivity index (χ2n) is 7.17. The Hall–Kier alpha value is -2.88. The van der Waals surface area contributed by atoms with E-state index in [2.05, 4.69) is 4.72 Å². The summed E-state index contributed by atoms with van der Waals surface area (Å²) in [6, 6.07) is 19.7. The van der Waals surface area contributed by atoms with Gasteiger partial charge in [-0.3, -0.25) is 4.72 Å². The summed E-state index contributed by atoms with van der Waals surface area (Å²) in [5.74, 6) is 0.440. The van der Waals surface area contributed by atoms with E-state index in [-0.39, 0.29) is 16.3 Å². The number of nitrogens with one attached hydrogen (secondary N) is 1. The van der Waals surface area contributed by atoms with Gasteiger partial charge in [0.2, 0.25) is 10.0 Å². The Morgan fingerprint density at radius 1 is 0.839 bits per heavy atom. The number of sulfonamides is 2. The summed E-state index contributed by atoms with van der Waals surface area (Å²) >= 11 is 0. The van der Waals surface area contributed by atoms with Crippen molar-refractivity contribution in [3.63, 3.8) is 0 Å². The largest absolute Gasteiger partial charge is 0.497 e. The number of hydrogen-bond donors (Lipinski definition) is 1. The molecule has 0 aromatic heterocycles. The summed E-state index contributed by atoms with van der Waals surface area (Å²) in [4.78, 5) is 0.325. The lowest BCUT2D eigenvalue weighted by atomic mass is 10.0. The van der Waals surface area contributed by atoms with E-state index in [1.807, 2.05) is 6.07 Å². The highest BCUT2D eigenvalue weighted by Gasteiger charge is 2.28. The van der Waals surface area contributed by atoms with Gasteiger partial charge in [0.05, 0.1) is 16.9 Å². The molecule has 31 heavy (non-hydrogen) atoms. The molecule has 3 aromatic rings. The van der Waals surface area contributed by atoms with E-state index in [9.17, 15) is 16.8 Å². The molecule has 162 valence electrons. The quantitative estimate of drug-likeness (QED) is 0.612. The maximum Gasteiger partial charge on any atom is 0.262 e. The first-order valence-electron chi connectivity index (χ1n) is 9.63. The second kappa shape index (κ2) is 8.33. The molecule has 0 fully saturated rings. The van der Waals surface area contributed by atoms with Gasteiger partial charge in [-0.1, -0.05) is 30.3 Å². The summed E-state index contributed by atoms with van der Waals surface area (Å²) in [5, 5.41) is 0. The molecule has 0 spiro atoms. The average Bonchev–Trinajstić information content (AvgIpc) is 2.79. The molecule has 1 aliphatic heterocycles. The molecule has 0 unspecified atom stereocenters. The van der Waals surface area contributed by atoms with Crippen LogP contribution in [0.5, 0.6) is 5.75 Å². The molecule has 7 nitrogen and oxygen atoms in total. The van der Waals surface area contributed by atoms with Crippen LogP contribution in [0.1, 0.15) is 11.1 Å². The standard InChI is InChI=1S/C22H22N2O5S2/c1-29-20-6-5-9-22(15-20)30(25,26)23-19-11-10-17-12-13-24(16-18(17)14-19)31(27,28)21-7-3-2-4-8-21/h2-11,14-15,23H,12-13,16H2,1H3. The molecule has 1 N–H and O–H groups in total. The lowest BCUT2D eigenvalue weighted by molar-refractivity contribution is 0.391. The summed E-state index contributed by atoms with van der Waals surface area (Å²) in [5.41, 5.74) is 2.15. The molecule has 0 amide bonds. The highest BCUT2D eigenvalue weighted by molar-refractivity contribution is 7.92. The number of rotatable bonds is 6. The Morgan fingerprint density at radius 3 is 2.32 bits per heavy atom. The van der Waals surface area contributed by atoms with Crippen molar-refractivity contribution in [1.82, 2.24) is 4.31 Å². The molecular formula is C22H22N2O5S2. The minimum absolute atomic E-state index is 0.0813. The van der Waals surface area contributed by atoms with Crippen molar-refractivity contribution in [2.24, 2.45) is 0 Å². The van der Waals surface area contributed by atoms with Crippen LogP contribution in [0.4, 0.5) is 5.69 Å². The van der Waals surface area contributed by atoms with Gasteiger partial charge in [-0.2, -0.15) is 4.31 Å². The van der Waals surface area contributed by atoms with Crippen LogP contribution < -0.4 is 9.46 Å². The highest BCUT2D eigenvalue weighted by atomic mass is 32.2. The smallest absolute Gasteiger partial charge is 0.262 e. The predicted octanol–water partition coefficient (Wildman–Crippen LogP) is 3.24. The van der Waals surface area contributed by atoms with Crippen LogP contribution in [-0.4, -0.2) is 34.8 Å². The third kappa shape index (κ3) is 4.43. The summed E-state index contributed by atoms with van der Waals surface area (Å²) in [6.07, 6.45) is 0.560. The van der Waals surface area contributed by atoms with Crippen molar-refractivity contribution >= 4 is 25.7 Å². The summed E-state index contributed by atoms with van der Waals surface area (Å²) in [6.45, 7) is 0.556. The van der Waals surface area contributed by atoms with Gasteiger partial charge in [-0.25, -0.2) is 16.8 Å². The molecule has 9 heteroatoms. The van der Waals surface area contributed by atoms with E-state index >= 15 is 0 Å². The van der Waals surface area contributed by atoms with E-state index in [0.29, 0.717) is 24.4 Å². The van der Waals surface area contributed by atoms with E-state index in [4.69, 9.17) is 4.74 Å². The number of anilines is 1. The van der Waals surface area contributed by atoms with Crippen LogP contribution in [0.15, 0.2) is 82.6 Å². The van der Waals surface area contributed by atoms with Crippen LogP contribution in [0, 0.1) is 0 Å². The Labute approximate surface area is 182 Å². The molecular weight excluding hydrogens is 436 g/mol. The maximum absolute atomic E-state index is 13.0. The zero-order valence-corrected chi connectivity index (χ0v) is 18.5. The van der Waals surface area contributed by atoms with Crippen molar-refractivity contribution in [3.8, 4) is 5.75 Å². The zero-order valence-electron chi connectivity index (χ0n) is 16.9. The number of fused-ring (bicyclic) bond motifs is 1. The fraction of sp³-hybridized carbons (Fsp3) is 0.182. The minimum atomic E-state index is -3.82. The molecule has 0 aliphatic carbocycles. The Kier molecular flexibility index (Phi) is 5.74. The first-order chi connectivity index (χ1) is 14.8. The van der Waals surface area contributed by atoms with E-state index in [1.165, 1.54) is 23.5 Å². The van der Waals surface area contributed by atoms with Crippen molar-refractivity contribution < 1.29 is 21.6 Å². The van der Waals surface area contributed by atoms with Crippen LogP contribution >= 0.6 is 0 Å². The fourth-order valence-electron chi connectivity index (χ4n) is 3.52. The number of nitrogens with zero attached hydrogens (tertiary/aromatic N) is 1. The van der Waals surface area contributed by atoms with Crippen LogP contribution in [0.25, 0.3) is 0 Å². The number of ether oxygens (including phenoxy) is 1. The molecule has 0 radical (unpaired) electrons. The number of benzene rings is 3. The molecule has 0 saturated carbocycles. The van der Waals surface area contributed by atoms with Gasteiger partial charge < -0.3 is 4.74 Å². The zero-order chi connectivity index (χ0) is 22.1. The van der Waals surface area contributed by atoms with Crippen LogP contribution in [-0.2, 0) is 33.0 Å². The molecule has 0 atom stereocenters. The van der Waals surface area contributed by atoms with Gasteiger partial charge in [0.15, 0.2) is 0 Å². The Morgan fingerprint density at radius 2 is 1.58 bits per heavy atom. The molecule has 0 bridgehead atoms. The van der Waals surface area contributed by atoms with Crippen LogP contribution in [0.2, 0.25) is 0 Å². The Bertz CT molecular complexity index is 1310. The molecule has 3 aromatic carbocycles. The maximum atomic E-state index is 13.0. The third-order valence-electron chi connectivity index (χ3n) is 5.17. The molecule has 1 heterocycles. The number of methoxy groups -OCH3 is 1. The lowest BCUT2D eigenvalue weighted by Crippen LogP contribution is -2.36. The first kappa shape index (κ1) is 21.4. The third-order valence-corrected chi connectivity index (χ3v) is 8.41. The topological polar surface area (TPSA) is 92.8 Å². The van der Waals surface area contributed by atoms with E-state index < -0.39 is 20.0 Å². The van der Waals surface area contributed by atoms with Gasteiger partial charge in [0.25, 0.3) is 10.0 Å². The normalized spacial score (nSPS) is 14.6. The monoisotopic (exact) mass is 458 g/mol. The average molecular weight is 459 g/mol. The lowest BCUT2D eigenvalue weighted by Gasteiger charge is -2.28. The van der Waals surface area contributed by atoms with Crippen molar-refractivity contribution in [2.45, 2.75) is 22.8 Å². The van der Waals surface area contributed by atoms with Gasteiger partial charge in [-0.15, -0.1) is 0 Å². The first-order valence-corrected chi connectivity index (χ1v) is 12.6. The van der Waals surface area contributed by atoms with Crippen molar-refractivity contribution in [3.05, 3.63) is 83.9 Å². The highest BCUT2D eigenvalue weighted by Crippen LogP contribution is 2.28. The fourth-order valence-corrected chi connectivity index (χ4v) is 6.05. The second-order valence-corrected chi connectivity index (χ2v) is 10.8. The van der Waals surface area contributed by atoms with Crippen LogP contribution in [0.3, 0.4) is 0 Å². The summed E-state index contributed by atoms with van der Waals surface area (Å²) < 4.78 is 60.6. The van der Waals surface area contributed by atoms with E-state index in [1.54, 1.807) is 54.6 Å². The van der Waals surface area contributed by atoms with Gasteiger partial charge >= 0.3 is 0 Å². The van der Waals surface area contributed by atoms with Crippen molar-refractivity contribution in [1.29, 1.82) is 0 Å². The molecule has 1 aliphatic rings. The van der Waals surface area contributed by atoms with E-state index in [0.717, 1.165) is 11.1 Å². The van der Waals surface area contributed by atoms with Crippen molar-refractivity contribution in [2.75, 3.05) is 18.4 Å². The SMILES string of the molecule is COc1cccc(S(=O)(=O)Nc2ccc3c(c2)CN(S(=O)(=O)c2ccccc2)CC3)c1. The minimum Gasteiger partial charge on any atom is -0.497 e.